The maximum atomic E-state index is 14.9. The Balaban J connectivity index is 0.000000698. The van der Waals surface area contributed by atoms with Crippen LogP contribution >= 0.6 is 0 Å². The maximum Gasteiger partial charge on any atom is 0.490 e. The van der Waals surface area contributed by atoms with Gasteiger partial charge in [0.1, 0.15) is 17.3 Å². The number of carboxylic acids is 1. The van der Waals surface area contributed by atoms with E-state index in [1.54, 1.807) is 49.4 Å². The number of hydrogen-bond acceptors (Lipinski definition) is 9. The number of hydrogen-bond donors (Lipinski definition) is 6. The number of fused-ring (bicyclic) bond motifs is 1. The van der Waals surface area contributed by atoms with Gasteiger partial charge in [-0.15, -0.1) is 0 Å². The summed E-state index contributed by atoms with van der Waals surface area (Å²) in [6, 6.07) is 16.6. The molecule has 0 fully saturated rings. The van der Waals surface area contributed by atoms with E-state index in [9.17, 15) is 41.8 Å². The lowest BCUT2D eigenvalue weighted by atomic mass is 10.0. The van der Waals surface area contributed by atoms with Crippen LogP contribution in [-0.2, 0) is 4.79 Å². The Hall–Kier alpha value is -5.94. The topological polar surface area (TPSA) is 193 Å². The number of amides is 1. The molecule has 0 aliphatic heterocycles. The van der Waals surface area contributed by atoms with Gasteiger partial charge in [0.15, 0.2) is 5.65 Å². The molecule has 0 saturated heterocycles. The first-order valence-corrected chi connectivity index (χ1v) is 14.1. The number of aliphatic hydroxyl groups is 2. The molecule has 2 aromatic heterocycles. The van der Waals surface area contributed by atoms with Gasteiger partial charge < -0.3 is 31.7 Å². The monoisotopic (exact) mass is 686 g/mol. The molecule has 0 atom stereocenters. The lowest BCUT2D eigenvalue weighted by Gasteiger charge is -2.18. The quantitative estimate of drug-likeness (QED) is 0.101. The number of nitrogens with two attached hydrogens (primary N) is 1. The van der Waals surface area contributed by atoms with Crippen LogP contribution in [-0.4, -0.2) is 67.2 Å². The normalized spacial score (nSPS) is 11.2. The zero-order valence-corrected chi connectivity index (χ0v) is 25.3. The third kappa shape index (κ3) is 8.32. The zero-order valence-electron chi connectivity index (χ0n) is 25.3. The number of carboxylic acid groups (broad SMARTS) is 1. The molecule has 5 aromatic rings. The molecule has 5 rings (SSSR count). The average Bonchev–Trinajstić information content (AvgIpc) is 3.04. The summed E-state index contributed by atoms with van der Waals surface area (Å²) in [6.07, 6.45) is -5.08. The number of aryl methyl sites for hydroxylation is 1. The molecule has 17 heteroatoms. The Morgan fingerprint density at radius 1 is 0.939 bits per heavy atom. The summed E-state index contributed by atoms with van der Waals surface area (Å²) in [4.78, 5) is 43.8. The Bertz CT molecular complexity index is 2060. The van der Waals surface area contributed by atoms with E-state index in [2.05, 4.69) is 20.6 Å². The maximum absolute atomic E-state index is 14.9. The number of nitrogens with zero attached hydrogens (tertiary/aromatic N) is 3. The Labute approximate surface area is 273 Å². The lowest BCUT2D eigenvalue weighted by Crippen LogP contribution is -2.29. The van der Waals surface area contributed by atoms with Gasteiger partial charge in [-0.2, -0.15) is 18.2 Å². The number of benzene rings is 3. The first-order chi connectivity index (χ1) is 23.1. The van der Waals surface area contributed by atoms with Crippen molar-refractivity contribution in [3.05, 3.63) is 106 Å². The van der Waals surface area contributed by atoms with Gasteiger partial charge in [0, 0.05) is 34.0 Å². The molecular weight excluding hydrogens is 659 g/mol. The molecule has 3 aromatic carbocycles. The van der Waals surface area contributed by atoms with E-state index in [1.807, 2.05) is 0 Å². The van der Waals surface area contributed by atoms with Gasteiger partial charge >= 0.3 is 12.1 Å². The number of para-hydroxylation sites is 1. The fourth-order valence-corrected chi connectivity index (χ4v) is 4.47. The van der Waals surface area contributed by atoms with Gasteiger partial charge in [0.05, 0.1) is 24.9 Å². The number of halogens is 5. The van der Waals surface area contributed by atoms with Crippen molar-refractivity contribution in [2.24, 2.45) is 0 Å². The highest BCUT2D eigenvalue weighted by molar-refractivity contribution is 6.05. The average molecular weight is 687 g/mol. The summed E-state index contributed by atoms with van der Waals surface area (Å²) in [6.45, 7) is 0.860. The number of aromatic nitrogens is 3. The number of carbonyl (C=O) groups is 2. The van der Waals surface area contributed by atoms with Crippen molar-refractivity contribution in [2.75, 3.05) is 29.6 Å². The SMILES string of the molecule is Cc1ccc(NC(=O)c2cccc(N)c2)cc1-c1nc(NC(CO)CO)nc2c1ccc(=O)n2-c1c(F)cccc1F.O=C(O)C(F)(F)F. The number of nitrogens with one attached hydrogen (secondary N) is 2. The van der Waals surface area contributed by atoms with E-state index in [4.69, 9.17) is 15.6 Å². The zero-order chi connectivity index (χ0) is 36.0. The Morgan fingerprint density at radius 2 is 1.57 bits per heavy atom. The number of alkyl halides is 3. The molecule has 0 saturated carbocycles. The van der Waals surface area contributed by atoms with Gasteiger partial charge in [0.2, 0.25) is 5.95 Å². The number of pyridine rings is 1. The lowest BCUT2D eigenvalue weighted by molar-refractivity contribution is -0.192. The van der Waals surface area contributed by atoms with Crippen LogP contribution in [0.5, 0.6) is 0 Å². The van der Waals surface area contributed by atoms with Gasteiger partial charge in [-0.3, -0.25) is 14.2 Å². The predicted molar refractivity (Wildman–Crippen MR) is 169 cm³/mol. The van der Waals surface area contributed by atoms with Crippen LogP contribution in [0.25, 0.3) is 28.0 Å². The highest BCUT2D eigenvalue weighted by Gasteiger charge is 2.38. The van der Waals surface area contributed by atoms with Crippen molar-refractivity contribution in [1.29, 1.82) is 0 Å². The molecule has 7 N–H and O–H groups in total. The van der Waals surface area contributed by atoms with Crippen LogP contribution < -0.4 is 21.9 Å². The molecule has 256 valence electrons. The molecule has 0 radical (unpaired) electrons. The molecule has 49 heavy (non-hydrogen) atoms. The molecule has 1 amide bonds. The van der Waals surface area contributed by atoms with Crippen molar-refractivity contribution < 1.29 is 46.9 Å². The van der Waals surface area contributed by atoms with E-state index in [0.29, 0.717) is 22.5 Å². The number of aliphatic hydroxyl groups excluding tert-OH is 2. The Kier molecular flexibility index (Phi) is 10.9. The first-order valence-electron chi connectivity index (χ1n) is 14.1. The van der Waals surface area contributed by atoms with Crippen LogP contribution in [0.3, 0.4) is 0 Å². The van der Waals surface area contributed by atoms with Gasteiger partial charge in [0.25, 0.3) is 11.5 Å². The first kappa shape index (κ1) is 35.9. The van der Waals surface area contributed by atoms with E-state index < -0.39 is 60.2 Å². The van der Waals surface area contributed by atoms with Crippen molar-refractivity contribution in [2.45, 2.75) is 19.1 Å². The minimum Gasteiger partial charge on any atom is -0.475 e. The van der Waals surface area contributed by atoms with E-state index in [0.717, 1.165) is 28.3 Å². The summed E-state index contributed by atoms with van der Waals surface area (Å²) in [5, 5.41) is 32.3. The van der Waals surface area contributed by atoms with Gasteiger partial charge in [-0.25, -0.2) is 18.6 Å². The standard InChI is InChI=1S/C30H26F2N6O4.C2HF3O2/c1-16-8-9-19(34-29(42)17-4-2-5-18(33)12-17)13-22(16)26-21-10-11-25(41)38(27-23(31)6-3-7-24(27)32)28(21)37-30(36-26)35-20(14-39)15-40;3-2(4,5)1(6)7/h2-13,20,39-40H,14-15,33H2,1H3,(H,34,42)(H,35,36,37);(H,6,7). The summed E-state index contributed by atoms with van der Waals surface area (Å²) >= 11 is 0. The molecule has 0 bridgehead atoms. The second-order valence-electron chi connectivity index (χ2n) is 10.3. The summed E-state index contributed by atoms with van der Waals surface area (Å²) in [5.74, 6) is -5.23. The highest BCUT2D eigenvalue weighted by Crippen LogP contribution is 2.33. The van der Waals surface area contributed by atoms with Crippen LogP contribution in [0.4, 0.5) is 39.3 Å². The molecular formula is C32H27F5N6O6. The van der Waals surface area contributed by atoms with Gasteiger partial charge in [-0.1, -0.05) is 18.2 Å². The van der Waals surface area contributed by atoms with Crippen molar-refractivity contribution in [3.63, 3.8) is 0 Å². The van der Waals surface area contributed by atoms with Crippen molar-refractivity contribution in [1.82, 2.24) is 14.5 Å². The molecule has 2 heterocycles. The summed E-state index contributed by atoms with van der Waals surface area (Å²) < 4.78 is 62.4. The fraction of sp³-hybridized carbons (Fsp3) is 0.156. The molecule has 0 aliphatic carbocycles. The summed E-state index contributed by atoms with van der Waals surface area (Å²) in [7, 11) is 0. The second kappa shape index (κ2) is 14.9. The minimum atomic E-state index is -5.08. The van der Waals surface area contributed by atoms with E-state index in [1.165, 1.54) is 12.1 Å². The third-order valence-electron chi connectivity index (χ3n) is 6.83. The van der Waals surface area contributed by atoms with Crippen LogP contribution in [0, 0.1) is 18.6 Å². The minimum absolute atomic E-state index is 0.115. The van der Waals surface area contributed by atoms with E-state index in [-0.39, 0.29) is 22.7 Å². The number of rotatable bonds is 8. The van der Waals surface area contributed by atoms with Crippen molar-refractivity contribution >= 4 is 40.2 Å². The second-order valence-corrected chi connectivity index (χ2v) is 10.3. The van der Waals surface area contributed by atoms with Crippen LogP contribution in [0.15, 0.2) is 77.6 Å². The van der Waals surface area contributed by atoms with Gasteiger partial charge in [-0.05, 0) is 61.0 Å². The number of anilines is 3. The smallest absolute Gasteiger partial charge is 0.475 e. The highest BCUT2D eigenvalue weighted by atomic mass is 19.4. The number of nitrogen functional groups attached to an aromatic ring is 1. The van der Waals surface area contributed by atoms with Crippen LogP contribution in [0.2, 0.25) is 0 Å². The van der Waals surface area contributed by atoms with Crippen LogP contribution in [0.1, 0.15) is 15.9 Å². The number of carbonyl (C=O) groups excluding carboxylic acids is 1. The predicted octanol–water partition coefficient (Wildman–Crippen LogP) is 4.27. The third-order valence-corrected chi connectivity index (χ3v) is 6.83. The molecule has 0 spiro atoms. The fourth-order valence-electron chi connectivity index (χ4n) is 4.47. The van der Waals surface area contributed by atoms with E-state index >= 15 is 0 Å². The molecule has 0 unspecified atom stereocenters. The summed E-state index contributed by atoms with van der Waals surface area (Å²) in [5.41, 5.74) is 7.02. The molecule has 0 aliphatic rings. The largest absolute Gasteiger partial charge is 0.490 e. The van der Waals surface area contributed by atoms with Crippen molar-refractivity contribution in [3.8, 4) is 16.9 Å². The number of aliphatic carboxylic acids is 1. The Morgan fingerprint density at radius 3 is 2.16 bits per heavy atom. The molecule has 12 nitrogen and oxygen atoms in total.